The number of amides is 1. The second kappa shape index (κ2) is 7.26. The fraction of sp³-hybridized carbons (Fsp3) is 0.333. The van der Waals surface area contributed by atoms with E-state index >= 15 is 0 Å². The van der Waals surface area contributed by atoms with Gasteiger partial charge < -0.3 is 9.94 Å². The number of hydrogen-bond acceptors (Lipinski definition) is 5. The predicted molar refractivity (Wildman–Crippen MR) is 107 cm³/mol. The minimum absolute atomic E-state index is 0.435. The number of aromatic nitrogens is 2. The lowest BCUT2D eigenvalue weighted by molar-refractivity contribution is -0.148. The number of carbonyl (C=O) groups excluding carboxylic acids is 1. The third kappa shape index (κ3) is 3.46. The van der Waals surface area contributed by atoms with E-state index in [4.69, 9.17) is 4.84 Å². The summed E-state index contributed by atoms with van der Waals surface area (Å²) in [6.45, 7) is 4.99. The molecule has 7 heteroatoms. The van der Waals surface area contributed by atoms with Crippen LogP contribution >= 0.6 is 0 Å². The Labute approximate surface area is 163 Å². The van der Waals surface area contributed by atoms with Crippen LogP contribution in [-0.2, 0) is 10.4 Å². The van der Waals surface area contributed by atoms with Gasteiger partial charge in [-0.2, -0.15) is 5.10 Å². The summed E-state index contributed by atoms with van der Waals surface area (Å²) in [4.78, 5) is 17.7. The van der Waals surface area contributed by atoms with E-state index in [-0.39, 0.29) is 0 Å². The molecule has 0 atom stereocenters. The van der Waals surface area contributed by atoms with Crippen molar-refractivity contribution in [1.29, 1.82) is 0 Å². The van der Waals surface area contributed by atoms with Gasteiger partial charge in [0.15, 0.2) is 5.82 Å². The van der Waals surface area contributed by atoms with Gasteiger partial charge in [-0.25, -0.2) is 4.79 Å². The Balaban J connectivity index is 1.37. The van der Waals surface area contributed by atoms with E-state index in [0.717, 1.165) is 27.6 Å². The number of nitrogens with one attached hydrogen (secondary N) is 2. The molecule has 0 bridgehead atoms. The summed E-state index contributed by atoms with van der Waals surface area (Å²) in [5.41, 5.74) is 3.18. The van der Waals surface area contributed by atoms with Gasteiger partial charge in [0.1, 0.15) is 0 Å². The third-order valence-electron chi connectivity index (χ3n) is 5.56. The molecule has 4 rings (SSSR count). The minimum Gasteiger partial charge on any atom is -0.385 e. The number of benzene rings is 2. The van der Waals surface area contributed by atoms with Crippen LogP contribution in [0.2, 0.25) is 0 Å². The summed E-state index contributed by atoms with van der Waals surface area (Å²) in [7, 11) is 0. The molecule has 1 aromatic heterocycles. The molecule has 3 aromatic rings. The van der Waals surface area contributed by atoms with E-state index in [9.17, 15) is 9.90 Å². The fourth-order valence-electron chi connectivity index (χ4n) is 3.77. The van der Waals surface area contributed by atoms with E-state index in [1.807, 2.05) is 56.3 Å². The highest BCUT2D eigenvalue weighted by atomic mass is 16.7. The molecule has 0 unspecified atom stereocenters. The van der Waals surface area contributed by atoms with Crippen molar-refractivity contribution in [1.82, 2.24) is 15.3 Å². The maximum atomic E-state index is 12.3. The number of rotatable bonds is 3. The highest BCUT2D eigenvalue weighted by molar-refractivity contribution is 5.96. The number of aromatic amines is 1. The van der Waals surface area contributed by atoms with Crippen LogP contribution in [0.1, 0.15) is 29.5 Å². The average Bonchev–Trinajstić information content (AvgIpc) is 3.09. The molecule has 0 spiro atoms. The van der Waals surface area contributed by atoms with Crippen molar-refractivity contribution in [3.8, 4) is 0 Å². The van der Waals surface area contributed by atoms with Crippen LogP contribution in [0.5, 0.6) is 0 Å². The quantitative estimate of drug-likeness (QED) is 0.646. The summed E-state index contributed by atoms with van der Waals surface area (Å²) in [6, 6.07) is 13.5. The fourth-order valence-corrected chi connectivity index (χ4v) is 3.77. The van der Waals surface area contributed by atoms with Crippen LogP contribution in [0.3, 0.4) is 0 Å². The number of carbonyl (C=O) groups is 1. The maximum absolute atomic E-state index is 12.3. The standard InChI is InChI=1S/C21H24N4O3/c1-14-6-5-8-17(15(14)2)21(27)10-12-25(13-11-21)28-20(26)22-19-16-7-3-4-9-18(16)23-24-19/h3-9,27H,10-13H2,1-2H3,(H2,22,23,24,26). The van der Waals surface area contributed by atoms with E-state index in [2.05, 4.69) is 15.5 Å². The van der Waals surface area contributed by atoms with E-state index in [1.54, 1.807) is 5.06 Å². The van der Waals surface area contributed by atoms with Gasteiger partial charge in [0.2, 0.25) is 0 Å². The topological polar surface area (TPSA) is 90.5 Å². The van der Waals surface area contributed by atoms with Gasteiger partial charge >= 0.3 is 6.09 Å². The van der Waals surface area contributed by atoms with Crippen LogP contribution in [0.15, 0.2) is 42.5 Å². The Kier molecular flexibility index (Phi) is 4.78. The van der Waals surface area contributed by atoms with E-state index < -0.39 is 11.7 Å². The Bertz CT molecular complexity index is 1010. The first-order valence-electron chi connectivity index (χ1n) is 9.42. The van der Waals surface area contributed by atoms with Crippen molar-refractivity contribution in [2.75, 3.05) is 18.4 Å². The Morgan fingerprint density at radius 3 is 2.71 bits per heavy atom. The van der Waals surface area contributed by atoms with Gasteiger partial charge in [-0.1, -0.05) is 30.3 Å². The van der Waals surface area contributed by atoms with Gasteiger partial charge in [-0.3, -0.25) is 10.4 Å². The average molecular weight is 380 g/mol. The summed E-state index contributed by atoms with van der Waals surface area (Å²) in [6.07, 6.45) is 0.403. The third-order valence-corrected chi connectivity index (χ3v) is 5.56. The number of nitrogens with zero attached hydrogens (tertiary/aromatic N) is 2. The van der Waals surface area contributed by atoms with Crippen molar-refractivity contribution in [2.45, 2.75) is 32.3 Å². The van der Waals surface area contributed by atoms with Crippen molar-refractivity contribution >= 4 is 22.8 Å². The smallest absolute Gasteiger partial charge is 0.385 e. The number of H-pyrrole nitrogens is 1. The van der Waals surface area contributed by atoms with Gasteiger partial charge in [0.05, 0.1) is 11.1 Å². The molecule has 3 N–H and O–H groups in total. The normalized spacial score (nSPS) is 16.8. The Hall–Kier alpha value is -2.90. The molecule has 0 saturated carbocycles. The zero-order chi connectivity index (χ0) is 19.7. The first-order valence-corrected chi connectivity index (χ1v) is 9.42. The van der Waals surface area contributed by atoms with Crippen LogP contribution in [0.4, 0.5) is 10.6 Å². The van der Waals surface area contributed by atoms with Gasteiger partial charge in [0, 0.05) is 18.5 Å². The first kappa shape index (κ1) is 18.5. The number of anilines is 1. The summed E-state index contributed by atoms with van der Waals surface area (Å²) in [5, 5.41) is 23.2. The molecule has 7 nitrogen and oxygen atoms in total. The van der Waals surface area contributed by atoms with Crippen molar-refractivity contribution in [2.24, 2.45) is 0 Å². The van der Waals surface area contributed by atoms with E-state index in [0.29, 0.717) is 31.7 Å². The number of hydroxylamine groups is 2. The number of aliphatic hydroxyl groups is 1. The number of hydrogen-bond donors (Lipinski definition) is 3. The minimum atomic E-state index is -0.898. The lowest BCUT2D eigenvalue weighted by atomic mass is 9.81. The molecule has 1 aliphatic rings. The second-order valence-electron chi connectivity index (χ2n) is 7.33. The molecule has 1 fully saturated rings. The van der Waals surface area contributed by atoms with Crippen LogP contribution in [0.25, 0.3) is 10.9 Å². The molecular formula is C21H24N4O3. The van der Waals surface area contributed by atoms with Crippen molar-refractivity contribution in [3.05, 3.63) is 59.2 Å². The second-order valence-corrected chi connectivity index (χ2v) is 7.33. The molecule has 28 heavy (non-hydrogen) atoms. The molecular weight excluding hydrogens is 356 g/mol. The molecule has 1 amide bonds. The number of piperidine rings is 1. The zero-order valence-electron chi connectivity index (χ0n) is 16.0. The highest BCUT2D eigenvalue weighted by Gasteiger charge is 2.36. The zero-order valence-corrected chi connectivity index (χ0v) is 16.0. The summed E-state index contributed by atoms with van der Waals surface area (Å²) in [5.74, 6) is 0.435. The molecule has 1 saturated heterocycles. The Morgan fingerprint density at radius 2 is 1.93 bits per heavy atom. The maximum Gasteiger partial charge on any atom is 0.432 e. The number of fused-ring (bicyclic) bond motifs is 1. The summed E-state index contributed by atoms with van der Waals surface area (Å²) >= 11 is 0. The highest BCUT2D eigenvalue weighted by Crippen LogP contribution is 2.35. The molecule has 2 aromatic carbocycles. The van der Waals surface area contributed by atoms with Crippen molar-refractivity contribution < 1.29 is 14.7 Å². The van der Waals surface area contributed by atoms with Gasteiger partial charge in [0.25, 0.3) is 0 Å². The Morgan fingerprint density at radius 1 is 1.18 bits per heavy atom. The molecule has 1 aliphatic heterocycles. The summed E-state index contributed by atoms with van der Waals surface area (Å²) < 4.78 is 0. The predicted octanol–water partition coefficient (Wildman–Crippen LogP) is 3.63. The number of para-hydroxylation sites is 1. The van der Waals surface area contributed by atoms with E-state index in [1.165, 1.54) is 0 Å². The molecule has 2 heterocycles. The van der Waals surface area contributed by atoms with Gasteiger partial charge in [-0.15, -0.1) is 5.06 Å². The lowest BCUT2D eigenvalue weighted by Gasteiger charge is -2.38. The first-order chi connectivity index (χ1) is 13.5. The SMILES string of the molecule is Cc1cccc(C2(O)CCN(OC(=O)Nc3n[nH]c4ccccc34)CC2)c1C. The molecule has 0 radical (unpaired) electrons. The van der Waals surface area contributed by atoms with Crippen LogP contribution in [-0.4, -0.2) is 39.5 Å². The largest absolute Gasteiger partial charge is 0.432 e. The molecule has 0 aliphatic carbocycles. The van der Waals surface area contributed by atoms with Crippen molar-refractivity contribution in [3.63, 3.8) is 0 Å². The van der Waals surface area contributed by atoms with Gasteiger partial charge in [-0.05, 0) is 55.5 Å². The number of aryl methyl sites for hydroxylation is 1. The van der Waals surface area contributed by atoms with Crippen LogP contribution < -0.4 is 5.32 Å². The monoisotopic (exact) mass is 380 g/mol. The lowest BCUT2D eigenvalue weighted by Crippen LogP contribution is -2.44. The molecule has 146 valence electrons. The van der Waals surface area contributed by atoms with Crippen LogP contribution in [0, 0.1) is 13.8 Å².